The molecule has 3 aromatic rings. The molecule has 106 valence electrons. The molecule has 0 fully saturated rings. The molecule has 0 saturated heterocycles. The largest absolute Gasteiger partial charge is 0.271 e. The molecule has 1 heterocycles. The van der Waals surface area contributed by atoms with Gasteiger partial charge in [0.15, 0.2) is 0 Å². The van der Waals surface area contributed by atoms with Crippen LogP contribution in [-0.4, -0.2) is 4.98 Å². The van der Waals surface area contributed by atoms with Crippen molar-refractivity contribution in [1.29, 1.82) is 0 Å². The summed E-state index contributed by atoms with van der Waals surface area (Å²) in [6.07, 6.45) is 1.81. The van der Waals surface area contributed by atoms with Crippen molar-refractivity contribution < 1.29 is 0 Å². The maximum atomic E-state index is 5.88. The summed E-state index contributed by atoms with van der Waals surface area (Å²) in [7, 11) is 0. The summed E-state index contributed by atoms with van der Waals surface area (Å²) in [6.45, 7) is 4.26. The Bertz CT molecular complexity index is 775. The van der Waals surface area contributed by atoms with Gasteiger partial charge in [0.1, 0.15) is 0 Å². The van der Waals surface area contributed by atoms with Crippen LogP contribution in [0, 0.1) is 13.8 Å². The van der Waals surface area contributed by atoms with Gasteiger partial charge in [-0.2, -0.15) is 0 Å². The number of hydrazine groups is 1. The highest BCUT2D eigenvalue weighted by Crippen LogP contribution is 2.30. The summed E-state index contributed by atoms with van der Waals surface area (Å²) in [4.78, 5) is 4.42. The summed E-state index contributed by atoms with van der Waals surface area (Å²) in [5.41, 5.74) is 8.84. The summed E-state index contributed by atoms with van der Waals surface area (Å²) in [6, 6.07) is 16.5. The highest BCUT2D eigenvalue weighted by Gasteiger charge is 2.17. The monoisotopic (exact) mass is 277 g/mol. The van der Waals surface area contributed by atoms with Gasteiger partial charge in [0.25, 0.3) is 0 Å². The fourth-order valence-electron chi connectivity index (χ4n) is 2.81. The molecule has 0 aliphatic carbocycles. The van der Waals surface area contributed by atoms with Crippen molar-refractivity contribution in [3.8, 4) is 0 Å². The van der Waals surface area contributed by atoms with E-state index in [1.165, 1.54) is 16.7 Å². The van der Waals surface area contributed by atoms with Crippen LogP contribution in [0.3, 0.4) is 0 Å². The predicted molar refractivity (Wildman–Crippen MR) is 86.8 cm³/mol. The molecule has 21 heavy (non-hydrogen) atoms. The number of nitrogens with zero attached hydrogens (tertiary/aromatic N) is 1. The molecule has 1 unspecified atom stereocenters. The number of hydrogen-bond donors (Lipinski definition) is 2. The maximum Gasteiger partial charge on any atom is 0.0719 e. The normalized spacial score (nSPS) is 12.5. The molecule has 0 bridgehead atoms. The number of aryl methyl sites for hydroxylation is 1. The Morgan fingerprint density at radius 3 is 2.52 bits per heavy atom. The van der Waals surface area contributed by atoms with E-state index in [1.807, 2.05) is 24.4 Å². The Morgan fingerprint density at radius 1 is 0.952 bits per heavy atom. The van der Waals surface area contributed by atoms with Crippen molar-refractivity contribution in [2.75, 3.05) is 0 Å². The van der Waals surface area contributed by atoms with Crippen molar-refractivity contribution in [3.05, 3.63) is 77.0 Å². The zero-order chi connectivity index (χ0) is 14.8. The molecule has 3 rings (SSSR count). The number of nitrogens with two attached hydrogens (primary N) is 1. The van der Waals surface area contributed by atoms with Gasteiger partial charge in [-0.15, -0.1) is 0 Å². The topological polar surface area (TPSA) is 50.9 Å². The molecule has 0 aliphatic rings. The summed E-state index contributed by atoms with van der Waals surface area (Å²) >= 11 is 0. The van der Waals surface area contributed by atoms with Gasteiger partial charge in [-0.25, -0.2) is 5.43 Å². The van der Waals surface area contributed by atoms with Crippen LogP contribution in [0.1, 0.15) is 28.3 Å². The molecule has 2 aromatic carbocycles. The second kappa shape index (κ2) is 5.64. The van der Waals surface area contributed by atoms with E-state index >= 15 is 0 Å². The van der Waals surface area contributed by atoms with Gasteiger partial charge in [-0.1, -0.05) is 36.4 Å². The minimum Gasteiger partial charge on any atom is -0.271 e. The molecule has 0 radical (unpaired) electrons. The molecule has 0 saturated carbocycles. The van der Waals surface area contributed by atoms with Crippen molar-refractivity contribution in [3.63, 3.8) is 0 Å². The Hall–Kier alpha value is -2.23. The maximum absolute atomic E-state index is 5.88. The Morgan fingerprint density at radius 2 is 1.71 bits per heavy atom. The van der Waals surface area contributed by atoms with E-state index in [9.17, 15) is 0 Å². The number of fused-ring (bicyclic) bond motifs is 1. The highest BCUT2D eigenvalue weighted by atomic mass is 15.2. The van der Waals surface area contributed by atoms with Crippen LogP contribution in [-0.2, 0) is 0 Å². The molecule has 3 nitrogen and oxygen atoms in total. The third kappa shape index (κ3) is 2.42. The third-order valence-corrected chi connectivity index (χ3v) is 4.11. The minimum atomic E-state index is -0.0437. The first-order chi connectivity index (χ1) is 10.2. The first-order valence-corrected chi connectivity index (χ1v) is 7.08. The number of benzene rings is 2. The van der Waals surface area contributed by atoms with Gasteiger partial charge >= 0.3 is 0 Å². The molecule has 0 spiro atoms. The second-order valence-electron chi connectivity index (χ2n) is 5.31. The molecule has 1 aromatic heterocycles. The van der Waals surface area contributed by atoms with E-state index in [0.29, 0.717) is 0 Å². The van der Waals surface area contributed by atoms with E-state index in [1.54, 1.807) is 0 Å². The zero-order valence-corrected chi connectivity index (χ0v) is 12.3. The van der Waals surface area contributed by atoms with Gasteiger partial charge in [0, 0.05) is 11.6 Å². The van der Waals surface area contributed by atoms with Crippen LogP contribution in [0.15, 0.2) is 54.7 Å². The van der Waals surface area contributed by atoms with Crippen molar-refractivity contribution in [1.82, 2.24) is 10.4 Å². The standard InChI is InChI=1S/C18H19N3/c1-12-6-3-7-14(13(12)2)18(21-19)16-8-4-10-17-15(16)9-5-11-20-17/h3-11,18,21H,19H2,1-2H3. The lowest BCUT2D eigenvalue weighted by molar-refractivity contribution is 0.637. The Labute approximate surface area is 124 Å². The summed E-state index contributed by atoms with van der Waals surface area (Å²) in [5, 5.41) is 1.13. The van der Waals surface area contributed by atoms with E-state index in [0.717, 1.165) is 16.5 Å². The summed E-state index contributed by atoms with van der Waals surface area (Å²) < 4.78 is 0. The predicted octanol–water partition coefficient (Wildman–Crippen LogP) is 3.40. The van der Waals surface area contributed by atoms with E-state index in [-0.39, 0.29) is 6.04 Å². The fraction of sp³-hybridized carbons (Fsp3) is 0.167. The van der Waals surface area contributed by atoms with Crippen LogP contribution in [0.5, 0.6) is 0 Å². The van der Waals surface area contributed by atoms with Crippen LogP contribution < -0.4 is 11.3 Å². The van der Waals surface area contributed by atoms with E-state index in [4.69, 9.17) is 5.84 Å². The van der Waals surface area contributed by atoms with Crippen molar-refractivity contribution in [2.24, 2.45) is 5.84 Å². The summed E-state index contributed by atoms with van der Waals surface area (Å²) in [5.74, 6) is 5.88. The number of aromatic nitrogens is 1. The number of nitrogens with one attached hydrogen (secondary N) is 1. The Kier molecular flexibility index (Phi) is 3.69. The van der Waals surface area contributed by atoms with Gasteiger partial charge in [-0.05, 0) is 48.2 Å². The first kappa shape index (κ1) is 13.7. The van der Waals surface area contributed by atoms with Crippen LogP contribution in [0.2, 0.25) is 0 Å². The lowest BCUT2D eigenvalue weighted by Gasteiger charge is -2.21. The van der Waals surface area contributed by atoms with Crippen molar-refractivity contribution in [2.45, 2.75) is 19.9 Å². The van der Waals surface area contributed by atoms with Crippen LogP contribution >= 0.6 is 0 Å². The lowest BCUT2D eigenvalue weighted by Crippen LogP contribution is -2.29. The van der Waals surface area contributed by atoms with Gasteiger partial charge < -0.3 is 0 Å². The Balaban J connectivity index is 2.21. The van der Waals surface area contributed by atoms with Gasteiger partial charge in [0.2, 0.25) is 0 Å². The van der Waals surface area contributed by atoms with Crippen LogP contribution in [0.25, 0.3) is 10.9 Å². The zero-order valence-electron chi connectivity index (χ0n) is 12.3. The van der Waals surface area contributed by atoms with Crippen LogP contribution in [0.4, 0.5) is 0 Å². The fourth-order valence-corrected chi connectivity index (χ4v) is 2.81. The smallest absolute Gasteiger partial charge is 0.0719 e. The number of rotatable bonds is 3. The highest BCUT2D eigenvalue weighted by molar-refractivity contribution is 5.83. The first-order valence-electron chi connectivity index (χ1n) is 7.08. The number of pyridine rings is 1. The van der Waals surface area contributed by atoms with Crippen molar-refractivity contribution >= 4 is 10.9 Å². The van der Waals surface area contributed by atoms with E-state index in [2.05, 4.69) is 54.6 Å². The molecule has 3 N–H and O–H groups in total. The van der Waals surface area contributed by atoms with Gasteiger partial charge in [0.05, 0.1) is 11.6 Å². The number of hydrogen-bond acceptors (Lipinski definition) is 3. The molecule has 0 amide bonds. The molecule has 1 atom stereocenters. The third-order valence-electron chi connectivity index (χ3n) is 4.11. The molecular weight excluding hydrogens is 258 g/mol. The quantitative estimate of drug-likeness (QED) is 0.570. The van der Waals surface area contributed by atoms with E-state index < -0.39 is 0 Å². The second-order valence-corrected chi connectivity index (χ2v) is 5.31. The lowest BCUT2D eigenvalue weighted by atomic mass is 9.91. The van der Waals surface area contributed by atoms with Gasteiger partial charge in [-0.3, -0.25) is 10.8 Å². The average Bonchev–Trinajstić information content (AvgIpc) is 2.52. The molecule has 3 heteroatoms. The molecule has 0 aliphatic heterocycles. The average molecular weight is 277 g/mol. The SMILES string of the molecule is Cc1cccc(C(NN)c2cccc3ncccc23)c1C. The molecular formula is C18H19N3. The minimum absolute atomic E-state index is 0.0437.